The summed E-state index contributed by atoms with van der Waals surface area (Å²) < 4.78 is 26.1. The van der Waals surface area contributed by atoms with Crippen molar-refractivity contribution in [2.45, 2.75) is 6.92 Å². The summed E-state index contributed by atoms with van der Waals surface area (Å²) in [5.74, 6) is -0.399. The van der Waals surface area contributed by atoms with Crippen LogP contribution in [-0.4, -0.2) is 27.1 Å². The molecule has 0 unspecified atom stereocenters. The number of carbonyl (C=O) groups is 1. The number of aryl methyl sites for hydroxylation is 1. The second kappa shape index (κ2) is 7.14. The number of benzene rings is 2. The van der Waals surface area contributed by atoms with Crippen LogP contribution in [0.4, 0.5) is 11.4 Å². The first kappa shape index (κ1) is 17.5. The first-order valence-corrected chi connectivity index (χ1v) is 9.50. The maximum Gasteiger partial charge on any atom is 0.245 e. The van der Waals surface area contributed by atoms with E-state index in [4.69, 9.17) is 0 Å². The Morgan fingerprint density at radius 2 is 1.83 bits per heavy atom. The average molecular weight is 397 g/mol. The summed E-state index contributed by atoms with van der Waals surface area (Å²) in [6.45, 7) is 1.52. The minimum atomic E-state index is -3.58. The van der Waals surface area contributed by atoms with Gasteiger partial charge in [-0.25, -0.2) is 8.42 Å². The van der Waals surface area contributed by atoms with Gasteiger partial charge in [0.25, 0.3) is 0 Å². The van der Waals surface area contributed by atoms with Gasteiger partial charge in [-0.3, -0.25) is 9.10 Å². The van der Waals surface area contributed by atoms with Gasteiger partial charge in [-0.05, 0) is 42.8 Å². The van der Waals surface area contributed by atoms with Crippen molar-refractivity contribution in [3.63, 3.8) is 0 Å². The second-order valence-electron chi connectivity index (χ2n) is 5.11. The van der Waals surface area contributed by atoms with Crippen molar-refractivity contribution in [2.24, 2.45) is 0 Å². The highest BCUT2D eigenvalue weighted by molar-refractivity contribution is 9.10. The molecule has 0 aliphatic carbocycles. The van der Waals surface area contributed by atoms with E-state index in [9.17, 15) is 13.2 Å². The molecule has 0 radical (unpaired) electrons. The largest absolute Gasteiger partial charge is 0.325 e. The zero-order valence-corrected chi connectivity index (χ0v) is 15.2. The van der Waals surface area contributed by atoms with Gasteiger partial charge < -0.3 is 5.32 Å². The number of rotatable bonds is 5. The molecule has 0 aromatic heterocycles. The van der Waals surface area contributed by atoms with Crippen molar-refractivity contribution < 1.29 is 13.2 Å². The smallest absolute Gasteiger partial charge is 0.245 e. The first-order chi connectivity index (χ1) is 10.8. The highest BCUT2D eigenvalue weighted by Gasteiger charge is 2.22. The highest BCUT2D eigenvalue weighted by atomic mass is 79.9. The number of amides is 1. The normalized spacial score (nSPS) is 11.1. The summed E-state index contributed by atoms with van der Waals surface area (Å²) in [6.07, 6.45) is 1.09. The molecule has 2 aromatic rings. The van der Waals surface area contributed by atoms with Crippen molar-refractivity contribution in [3.05, 3.63) is 58.6 Å². The summed E-state index contributed by atoms with van der Waals surface area (Å²) >= 11 is 3.34. The van der Waals surface area contributed by atoms with Gasteiger partial charge in [0, 0.05) is 10.2 Å². The zero-order valence-electron chi connectivity index (χ0n) is 12.8. The lowest BCUT2D eigenvalue weighted by atomic mass is 10.2. The van der Waals surface area contributed by atoms with E-state index >= 15 is 0 Å². The second-order valence-corrected chi connectivity index (χ2v) is 7.94. The molecule has 2 rings (SSSR count). The molecule has 122 valence electrons. The maximum atomic E-state index is 12.2. The molecule has 0 bridgehead atoms. The van der Waals surface area contributed by atoms with Gasteiger partial charge in [0.05, 0.1) is 11.9 Å². The first-order valence-electron chi connectivity index (χ1n) is 6.86. The Kier molecular flexibility index (Phi) is 5.43. The van der Waals surface area contributed by atoms with Gasteiger partial charge in [-0.2, -0.15) is 0 Å². The van der Waals surface area contributed by atoms with Crippen LogP contribution >= 0.6 is 15.9 Å². The van der Waals surface area contributed by atoms with Gasteiger partial charge >= 0.3 is 0 Å². The summed E-state index contributed by atoms with van der Waals surface area (Å²) in [4.78, 5) is 12.2. The molecule has 2 aromatic carbocycles. The topological polar surface area (TPSA) is 66.5 Å². The van der Waals surface area contributed by atoms with Crippen molar-refractivity contribution >= 4 is 43.2 Å². The van der Waals surface area contributed by atoms with E-state index in [1.54, 1.807) is 43.3 Å². The van der Waals surface area contributed by atoms with Crippen LogP contribution in [0.5, 0.6) is 0 Å². The minimum Gasteiger partial charge on any atom is -0.325 e. The van der Waals surface area contributed by atoms with E-state index in [1.165, 1.54) is 0 Å². The van der Waals surface area contributed by atoms with E-state index in [1.807, 2.05) is 12.1 Å². The number of para-hydroxylation sites is 1. The third-order valence-corrected chi connectivity index (χ3v) is 4.79. The third-order valence-electron chi connectivity index (χ3n) is 3.17. The molecule has 0 heterocycles. The van der Waals surface area contributed by atoms with Gasteiger partial charge in [0.2, 0.25) is 15.9 Å². The molecular formula is C16H17BrN2O3S. The molecule has 0 atom stereocenters. The van der Waals surface area contributed by atoms with Crippen LogP contribution in [0.2, 0.25) is 0 Å². The lowest BCUT2D eigenvalue weighted by Crippen LogP contribution is -2.37. The number of carbonyl (C=O) groups excluding carboxylic acids is 1. The minimum absolute atomic E-state index is 0.282. The Labute approximate surface area is 144 Å². The fourth-order valence-electron chi connectivity index (χ4n) is 2.13. The van der Waals surface area contributed by atoms with Gasteiger partial charge in [0.1, 0.15) is 6.54 Å². The van der Waals surface area contributed by atoms with Crippen LogP contribution in [0.15, 0.2) is 53.0 Å². The molecule has 0 saturated carbocycles. The molecule has 23 heavy (non-hydrogen) atoms. The molecule has 1 N–H and O–H groups in total. The Hall–Kier alpha value is -1.86. The van der Waals surface area contributed by atoms with Gasteiger partial charge in [-0.1, -0.05) is 34.1 Å². The van der Waals surface area contributed by atoms with E-state index < -0.39 is 15.9 Å². The predicted octanol–water partition coefficient (Wildman–Crippen LogP) is 3.16. The SMILES string of the molecule is Cc1cc(Br)ccc1N(CC(=O)Nc1ccccc1)S(C)(=O)=O. The number of nitrogens with one attached hydrogen (secondary N) is 1. The summed E-state index contributed by atoms with van der Waals surface area (Å²) in [7, 11) is -3.58. The van der Waals surface area contributed by atoms with Crippen molar-refractivity contribution in [1.29, 1.82) is 0 Å². The number of hydrogen-bond donors (Lipinski definition) is 1. The summed E-state index contributed by atoms with van der Waals surface area (Å²) in [5, 5.41) is 2.69. The predicted molar refractivity (Wildman–Crippen MR) is 96.1 cm³/mol. The van der Waals surface area contributed by atoms with Crippen LogP contribution in [0, 0.1) is 6.92 Å². The molecule has 0 spiro atoms. The summed E-state index contributed by atoms with van der Waals surface area (Å²) in [5.41, 5.74) is 1.87. The summed E-state index contributed by atoms with van der Waals surface area (Å²) in [6, 6.07) is 14.1. The third kappa shape index (κ3) is 4.80. The number of nitrogens with zero attached hydrogens (tertiary/aromatic N) is 1. The van der Waals surface area contributed by atoms with Crippen LogP contribution in [-0.2, 0) is 14.8 Å². The van der Waals surface area contributed by atoms with Crippen LogP contribution in [0.3, 0.4) is 0 Å². The molecule has 1 amide bonds. The van der Waals surface area contributed by atoms with E-state index in [0.717, 1.165) is 20.6 Å². The van der Waals surface area contributed by atoms with Crippen LogP contribution in [0.25, 0.3) is 0 Å². The average Bonchev–Trinajstić information content (AvgIpc) is 2.45. The van der Waals surface area contributed by atoms with E-state index in [-0.39, 0.29) is 6.54 Å². The molecular weight excluding hydrogens is 380 g/mol. The lowest BCUT2D eigenvalue weighted by Gasteiger charge is -2.23. The number of anilines is 2. The van der Waals surface area contributed by atoms with Gasteiger partial charge in [0.15, 0.2) is 0 Å². The fourth-order valence-corrected chi connectivity index (χ4v) is 3.52. The Morgan fingerprint density at radius 1 is 1.17 bits per heavy atom. The fraction of sp³-hybridized carbons (Fsp3) is 0.188. The van der Waals surface area contributed by atoms with Crippen LogP contribution in [0.1, 0.15) is 5.56 Å². The number of halogens is 1. The molecule has 0 aliphatic rings. The molecule has 0 fully saturated rings. The molecule has 0 aliphatic heterocycles. The van der Waals surface area contributed by atoms with Crippen molar-refractivity contribution in [3.8, 4) is 0 Å². The van der Waals surface area contributed by atoms with Crippen molar-refractivity contribution in [1.82, 2.24) is 0 Å². The molecule has 5 nitrogen and oxygen atoms in total. The Morgan fingerprint density at radius 3 is 2.39 bits per heavy atom. The van der Waals surface area contributed by atoms with Crippen LogP contribution < -0.4 is 9.62 Å². The number of hydrogen-bond acceptors (Lipinski definition) is 3. The monoisotopic (exact) mass is 396 g/mol. The highest BCUT2D eigenvalue weighted by Crippen LogP contribution is 2.25. The van der Waals surface area contributed by atoms with E-state index in [0.29, 0.717) is 11.4 Å². The lowest BCUT2D eigenvalue weighted by molar-refractivity contribution is -0.114. The quantitative estimate of drug-likeness (QED) is 0.843. The zero-order chi connectivity index (χ0) is 17.0. The van der Waals surface area contributed by atoms with E-state index in [2.05, 4.69) is 21.2 Å². The number of sulfonamides is 1. The standard InChI is InChI=1S/C16H17BrN2O3S/c1-12-10-13(17)8-9-15(12)19(23(2,21)22)11-16(20)18-14-6-4-3-5-7-14/h3-10H,11H2,1-2H3,(H,18,20). The molecule has 7 heteroatoms. The Balaban J connectivity index is 2.25. The maximum absolute atomic E-state index is 12.2. The molecule has 0 saturated heterocycles. The van der Waals surface area contributed by atoms with Crippen molar-refractivity contribution in [2.75, 3.05) is 22.4 Å². The Bertz CT molecular complexity index is 807. The van der Waals surface area contributed by atoms with Gasteiger partial charge in [-0.15, -0.1) is 0 Å².